The number of benzene rings is 1. The maximum atomic E-state index is 6.10. The average Bonchev–Trinajstić information content (AvgIpc) is 2.84. The molecule has 1 aromatic carbocycles. The van der Waals surface area contributed by atoms with Crippen molar-refractivity contribution in [1.29, 1.82) is 0 Å². The van der Waals surface area contributed by atoms with Crippen molar-refractivity contribution < 1.29 is 4.42 Å². The number of halogens is 2. The lowest BCUT2D eigenvalue weighted by atomic mass is 10.3. The summed E-state index contributed by atoms with van der Waals surface area (Å²) in [6.07, 6.45) is 0. The van der Waals surface area contributed by atoms with Gasteiger partial charge in [0.1, 0.15) is 10.5 Å². The number of nitrogens with two attached hydrogens (primary N) is 1. The van der Waals surface area contributed by atoms with Crippen LogP contribution in [0.5, 0.6) is 0 Å². The van der Waals surface area contributed by atoms with Crippen LogP contribution in [-0.4, -0.2) is 9.97 Å². The Kier molecular flexibility index (Phi) is 3.71. The second-order valence-corrected chi connectivity index (χ2v) is 5.55. The van der Waals surface area contributed by atoms with Crippen molar-refractivity contribution in [1.82, 2.24) is 9.97 Å². The zero-order chi connectivity index (χ0) is 14.1. The summed E-state index contributed by atoms with van der Waals surface area (Å²) in [5, 5.41) is 1.71. The molecule has 0 amide bonds. The van der Waals surface area contributed by atoms with Gasteiger partial charge in [0, 0.05) is 0 Å². The molecule has 0 bridgehead atoms. The highest BCUT2D eigenvalue weighted by atomic mass is 35.5. The molecule has 5 nitrogen and oxygen atoms in total. The summed E-state index contributed by atoms with van der Waals surface area (Å²) in [5.41, 5.74) is 3.89. The van der Waals surface area contributed by atoms with Crippen LogP contribution in [0.4, 0.5) is 5.82 Å². The molecular formula is C12H8Cl2N4OS. The molecule has 102 valence electrons. The standard InChI is InChI=1S/C12H8Cl2N4OS/c13-6-5-7(14)11(17-10(6)18-15)20-12-16-8-3-1-2-4-9(8)19-12/h1-5H,15H2,(H,17,18). The highest BCUT2D eigenvalue weighted by Crippen LogP contribution is 2.36. The molecule has 3 N–H and O–H groups in total. The molecule has 0 saturated heterocycles. The summed E-state index contributed by atoms with van der Waals surface area (Å²) >= 11 is 13.2. The molecule has 0 unspecified atom stereocenters. The van der Waals surface area contributed by atoms with E-state index in [0.29, 0.717) is 31.7 Å². The zero-order valence-corrected chi connectivity index (χ0v) is 12.3. The number of rotatable bonds is 3. The number of hydrazine groups is 1. The third kappa shape index (κ3) is 2.55. The van der Waals surface area contributed by atoms with Crippen LogP contribution in [0, 0.1) is 0 Å². The number of nitrogens with zero attached hydrogens (tertiary/aromatic N) is 2. The summed E-state index contributed by atoms with van der Waals surface area (Å²) in [4.78, 5) is 8.56. The Morgan fingerprint density at radius 3 is 2.70 bits per heavy atom. The normalized spacial score (nSPS) is 10.9. The van der Waals surface area contributed by atoms with Crippen molar-refractivity contribution in [2.45, 2.75) is 10.2 Å². The highest BCUT2D eigenvalue weighted by molar-refractivity contribution is 7.99. The van der Waals surface area contributed by atoms with Crippen LogP contribution in [0.25, 0.3) is 11.1 Å². The molecule has 0 aliphatic rings. The lowest BCUT2D eigenvalue weighted by molar-refractivity contribution is 0.489. The minimum atomic E-state index is 0.342. The van der Waals surface area contributed by atoms with E-state index in [-0.39, 0.29) is 0 Å². The minimum Gasteiger partial charge on any atom is -0.431 e. The van der Waals surface area contributed by atoms with Crippen LogP contribution in [0.2, 0.25) is 10.0 Å². The third-order valence-electron chi connectivity index (χ3n) is 2.49. The second kappa shape index (κ2) is 5.49. The van der Waals surface area contributed by atoms with Crippen LogP contribution in [0.3, 0.4) is 0 Å². The number of nitrogen functional groups attached to an aromatic ring is 1. The molecule has 0 aliphatic carbocycles. The average molecular weight is 327 g/mol. The van der Waals surface area contributed by atoms with Gasteiger partial charge < -0.3 is 9.84 Å². The fourth-order valence-electron chi connectivity index (χ4n) is 1.60. The SMILES string of the molecule is NNc1nc(Sc2nc3ccccc3o2)c(Cl)cc1Cl. The second-order valence-electron chi connectivity index (χ2n) is 3.80. The van der Waals surface area contributed by atoms with Crippen molar-refractivity contribution in [2.24, 2.45) is 5.84 Å². The van der Waals surface area contributed by atoms with Crippen molar-refractivity contribution in [3.05, 3.63) is 40.4 Å². The molecular weight excluding hydrogens is 319 g/mol. The lowest BCUT2D eigenvalue weighted by Crippen LogP contribution is -2.09. The first-order valence-electron chi connectivity index (χ1n) is 5.53. The Balaban J connectivity index is 1.98. The molecule has 3 rings (SSSR count). The maximum absolute atomic E-state index is 6.10. The van der Waals surface area contributed by atoms with E-state index in [4.69, 9.17) is 33.5 Å². The van der Waals surface area contributed by atoms with E-state index < -0.39 is 0 Å². The minimum absolute atomic E-state index is 0.342. The van der Waals surface area contributed by atoms with E-state index in [1.165, 1.54) is 11.8 Å². The zero-order valence-electron chi connectivity index (χ0n) is 9.93. The summed E-state index contributed by atoms with van der Waals surface area (Å²) < 4.78 is 5.60. The van der Waals surface area contributed by atoms with Crippen molar-refractivity contribution in [2.75, 3.05) is 5.43 Å². The molecule has 3 aromatic rings. The number of hydrogen-bond donors (Lipinski definition) is 2. The van der Waals surface area contributed by atoms with Crippen molar-refractivity contribution >= 4 is 51.9 Å². The van der Waals surface area contributed by atoms with E-state index in [1.54, 1.807) is 6.07 Å². The van der Waals surface area contributed by atoms with Gasteiger partial charge in [0.15, 0.2) is 11.4 Å². The first-order chi connectivity index (χ1) is 9.67. The number of para-hydroxylation sites is 2. The van der Waals surface area contributed by atoms with Gasteiger partial charge in [0.2, 0.25) is 0 Å². The Hall–Kier alpha value is -1.47. The highest BCUT2D eigenvalue weighted by Gasteiger charge is 2.14. The Labute approximate surface area is 128 Å². The van der Waals surface area contributed by atoms with E-state index in [2.05, 4.69) is 15.4 Å². The molecule has 0 atom stereocenters. The van der Waals surface area contributed by atoms with Gasteiger partial charge in [-0.25, -0.2) is 15.8 Å². The van der Waals surface area contributed by atoms with E-state index in [0.717, 1.165) is 5.52 Å². The van der Waals surface area contributed by atoms with Crippen molar-refractivity contribution in [3.63, 3.8) is 0 Å². The maximum Gasteiger partial charge on any atom is 0.263 e. The predicted octanol–water partition coefficient (Wildman–Crippen LogP) is 3.97. The predicted molar refractivity (Wildman–Crippen MR) is 80.2 cm³/mol. The number of pyridine rings is 1. The molecule has 0 saturated carbocycles. The number of fused-ring (bicyclic) bond motifs is 1. The number of hydrogen-bond acceptors (Lipinski definition) is 6. The third-order valence-corrected chi connectivity index (χ3v) is 4.03. The van der Waals surface area contributed by atoms with Crippen molar-refractivity contribution in [3.8, 4) is 0 Å². The monoisotopic (exact) mass is 326 g/mol. The molecule has 20 heavy (non-hydrogen) atoms. The smallest absolute Gasteiger partial charge is 0.263 e. The van der Waals surface area contributed by atoms with Gasteiger partial charge in [-0.1, -0.05) is 35.3 Å². The number of aromatic nitrogens is 2. The van der Waals surface area contributed by atoms with E-state index in [1.807, 2.05) is 24.3 Å². The largest absolute Gasteiger partial charge is 0.431 e. The Morgan fingerprint density at radius 1 is 1.15 bits per heavy atom. The molecule has 0 radical (unpaired) electrons. The lowest BCUT2D eigenvalue weighted by Gasteiger charge is -2.06. The van der Waals surface area contributed by atoms with E-state index >= 15 is 0 Å². The molecule has 8 heteroatoms. The van der Waals surface area contributed by atoms with Crippen LogP contribution in [-0.2, 0) is 0 Å². The van der Waals surface area contributed by atoms with Crippen LogP contribution >= 0.6 is 35.0 Å². The molecule has 0 fully saturated rings. The first-order valence-corrected chi connectivity index (χ1v) is 7.10. The van der Waals surface area contributed by atoms with Crippen LogP contribution < -0.4 is 11.3 Å². The quantitative estimate of drug-likeness (QED) is 0.560. The number of nitrogens with one attached hydrogen (secondary N) is 1. The topological polar surface area (TPSA) is 77.0 Å². The summed E-state index contributed by atoms with van der Waals surface area (Å²) in [6, 6.07) is 9.05. The van der Waals surface area contributed by atoms with Crippen LogP contribution in [0.1, 0.15) is 0 Å². The summed E-state index contributed by atoms with van der Waals surface area (Å²) in [7, 11) is 0. The van der Waals surface area contributed by atoms with Gasteiger partial charge >= 0.3 is 0 Å². The Morgan fingerprint density at radius 2 is 1.95 bits per heavy atom. The van der Waals surface area contributed by atoms with Gasteiger partial charge in [-0.2, -0.15) is 0 Å². The number of oxazole rings is 1. The molecule has 0 aliphatic heterocycles. The van der Waals surface area contributed by atoms with Gasteiger partial charge in [-0.3, -0.25) is 0 Å². The molecule has 0 spiro atoms. The van der Waals surface area contributed by atoms with E-state index in [9.17, 15) is 0 Å². The molecule has 2 heterocycles. The van der Waals surface area contributed by atoms with Gasteiger partial charge in [0.25, 0.3) is 5.22 Å². The van der Waals surface area contributed by atoms with Gasteiger partial charge in [0.05, 0.1) is 10.0 Å². The summed E-state index contributed by atoms with van der Waals surface area (Å²) in [5.74, 6) is 5.68. The first kappa shape index (κ1) is 13.5. The van der Waals surface area contributed by atoms with Crippen LogP contribution in [0.15, 0.2) is 45.0 Å². The Bertz CT molecular complexity index is 744. The molecule has 2 aromatic heterocycles. The fraction of sp³-hybridized carbons (Fsp3) is 0. The van der Waals surface area contributed by atoms with Gasteiger partial charge in [-0.15, -0.1) is 0 Å². The van der Waals surface area contributed by atoms with Gasteiger partial charge in [-0.05, 0) is 30.0 Å². The number of anilines is 1. The fourth-order valence-corrected chi connectivity index (χ4v) is 2.86. The summed E-state index contributed by atoms with van der Waals surface area (Å²) in [6.45, 7) is 0.